The van der Waals surface area contributed by atoms with Gasteiger partial charge in [-0.05, 0) is 19.4 Å². The fourth-order valence-corrected chi connectivity index (χ4v) is 2.77. The summed E-state index contributed by atoms with van der Waals surface area (Å²) in [4.78, 5) is 26.0. The maximum Gasteiger partial charge on any atom is 0.162 e. The van der Waals surface area contributed by atoms with Gasteiger partial charge in [0.1, 0.15) is 5.78 Å². The summed E-state index contributed by atoms with van der Waals surface area (Å²) in [7, 11) is 0. The lowest BCUT2D eigenvalue weighted by atomic mass is 9.94. The largest absolute Gasteiger partial charge is 0.302 e. The van der Waals surface area contributed by atoms with E-state index >= 15 is 0 Å². The number of carbonyl (C=O) groups is 2. The van der Waals surface area contributed by atoms with Gasteiger partial charge in [-0.1, -0.05) is 37.3 Å². The minimum absolute atomic E-state index is 0.202. The number of rotatable bonds is 6. The first kappa shape index (κ1) is 14.9. The Kier molecular flexibility index (Phi) is 5.48. The quantitative estimate of drug-likeness (QED) is 0.748. The molecule has 1 aliphatic heterocycles. The summed E-state index contributed by atoms with van der Waals surface area (Å²) < 4.78 is 0. The summed E-state index contributed by atoms with van der Waals surface area (Å²) in [6.45, 7) is 4.72. The maximum absolute atomic E-state index is 12.0. The molecule has 1 saturated heterocycles. The number of carbonyl (C=O) groups excluding carboxylic acids is 2. The van der Waals surface area contributed by atoms with Crippen LogP contribution in [0.1, 0.15) is 43.0 Å². The van der Waals surface area contributed by atoms with Crippen LogP contribution in [0.15, 0.2) is 30.3 Å². The molecule has 2 rings (SSSR count). The molecule has 1 heterocycles. The van der Waals surface area contributed by atoms with Crippen LogP contribution < -0.4 is 0 Å². The molecule has 0 amide bonds. The third kappa shape index (κ3) is 4.01. The highest BCUT2D eigenvalue weighted by molar-refractivity contribution is 5.95. The number of benzene rings is 1. The van der Waals surface area contributed by atoms with E-state index in [1.807, 2.05) is 30.3 Å². The van der Waals surface area contributed by atoms with Crippen molar-refractivity contribution in [2.45, 2.75) is 32.6 Å². The fourth-order valence-electron chi connectivity index (χ4n) is 2.77. The average molecular weight is 273 g/mol. The molecular weight excluding hydrogens is 250 g/mol. The average Bonchev–Trinajstić information content (AvgIpc) is 2.49. The van der Waals surface area contributed by atoms with Crippen molar-refractivity contribution in [3.63, 3.8) is 0 Å². The Morgan fingerprint density at radius 3 is 2.75 bits per heavy atom. The third-order valence-electron chi connectivity index (χ3n) is 4.08. The molecule has 0 spiro atoms. The first-order chi connectivity index (χ1) is 9.70. The molecule has 20 heavy (non-hydrogen) atoms. The second kappa shape index (κ2) is 7.34. The van der Waals surface area contributed by atoms with Gasteiger partial charge in [0.05, 0.1) is 0 Å². The Balaban J connectivity index is 1.73. The van der Waals surface area contributed by atoms with Crippen LogP contribution in [0, 0.1) is 5.92 Å². The Hall–Kier alpha value is -1.48. The van der Waals surface area contributed by atoms with Crippen molar-refractivity contribution in [3.05, 3.63) is 35.9 Å². The first-order valence-electron chi connectivity index (χ1n) is 7.54. The molecule has 0 aromatic heterocycles. The van der Waals surface area contributed by atoms with Gasteiger partial charge in [-0.2, -0.15) is 0 Å². The van der Waals surface area contributed by atoms with Crippen LogP contribution in [0.5, 0.6) is 0 Å². The van der Waals surface area contributed by atoms with Gasteiger partial charge >= 0.3 is 0 Å². The van der Waals surface area contributed by atoms with Crippen LogP contribution in [-0.2, 0) is 4.79 Å². The predicted molar refractivity (Wildman–Crippen MR) is 79.9 cm³/mol. The zero-order valence-corrected chi connectivity index (χ0v) is 12.2. The second-order valence-corrected chi connectivity index (χ2v) is 5.51. The molecule has 1 aromatic rings. The lowest BCUT2D eigenvalue weighted by molar-refractivity contribution is -0.126. The Bertz CT molecular complexity index is 455. The smallest absolute Gasteiger partial charge is 0.162 e. The van der Waals surface area contributed by atoms with Crippen LogP contribution in [0.4, 0.5) is 0 Å². The van der Waals surface area contributed by atoms with E-state index in [1.165, 1.54) is 0 Å². The lowest BCUT2D eigenvalue weighted by Gasteiger charge is -2.31. The molecule has 0 N–H and O–H groups in total. The highest BCUT2D eigenvalue weighted by Gasteiger charge is 2.25. The van der Waals surface area contributed by atoms with E-state index in [2.05, 4.69) is 11.8 Å². The fraction of sp³-hybridized carbons (Fsp3) is 0.529. The van der Waals surface area contributed by atoms with Crippen molar-refractivity contribution >= 4 is 11.6 Å². The van der Waals surface area contributed by atoms with Crippen LogP contribution in [-0.4, -0.2) is 36.1 Å². The van der Waals surface area contributed by atoms with Crippen molar-refractivity contribution in [3.8, 4) is 0 Å². The monoisotopic (exact) mass is 273 g/mol. The van der Waals surface area contributed by atoms with Crippen molar-refractivity contribution in [1.29, 1.82) is 0 Å². The van der Waals surface area contributed by atoms with E-state index in [-0.39, 0.29) is 11.7 Å². The maximum atomic E-state index is 12.0. The third-order valence-corrected chi connectivity index (χ3v) is 4.08. The van der Waals surface area contributed by atoms with E-state index in [0.717, 1.165) is 38.0 Å². The number of piperidine rings is 1. The van der Waals surface area contributed by atoms with E-state index in [9.17, 15) is 9.59 Å². The van der Waals surface area contributed by atoms with Gasteiger partial charge in [0.25, 0.3) is 0 Å². The number of hydrogen-bond donors (Lipinski definition) is 0. The molecule has 0 radical (unpaired) electrons. The number of Topliss-reactive ketones (excluding diaryl/α,β-unsaturated/α-hetero) is 2. The van der Waals surface area contributed by atoms with Crippen molar-refractivity contribution in [2.24, 2.45) is 5.92 Å². The van der Waals surface area contributed by atoms with Gasteiger partial charge in [-0.25, -0.2) is 0 Å². The molecule has 1 unspecified atom stereocenters. The molecule has 1 fully saturated rings. The Morgan fingerprint density at radius 1 is 1.30 bits per heavy atom. The Morgan fingerprint density at radius 2 is 2.05 bits per heavy atom. The summed E-state index contributed by atoms with van der Waals surface area (Å²) >= 11 is 0. The normalized spacial score (nSPS) is 20.1. The zero-order chi connectivity index (χ0) is 14.4. The molecule has 0 aliphatic carbocycles. The SMILES string of the molecule is CCC1CN(CCCC(=O)c2ccccc2)CCC1=O. The first-order valence-corrected chi connectivity index (χ1v) is 7.54. The van der Waals surface area contributed by atoms with Crippen LogP contribution in [0.2, 0.25) is 0 Å². The number of nitrogens with zero attached hydrogens (tertiary/aromatic N) is 1. The van der Waals surface area contributed by atoms with Gasteiger partial charge in [0.2, 0.25) is 0 Å². The van der Waals surface area contributed by atoms with Crippen LogP contribution in [0.3, 0.4) is 0 Å². The van der Waals surface area contributed by atoms with Gasteiger partial charge in [0.15, 0.2) is 5.78 Å². The van der Waals surface area contributed by atoms with Crippen molar-refractivity contribution in [1.82, 2.24) is 4.90 Å². The van der Waals surface area contributed by atoms with E-state index in [4.69, 9.17) is 0 Å². The second-order valence-electron chi connectivity index (χ2n) is 5.51. The predicted octanol–water partition coefficient (Wildman–Crippen LogP) is 2.95. The van der Waals surface area contributed by atoms with E-state index < -0.39 is 0 Å². The summed E-state index contributed by atoms with van der Waals surface area (Å²) in [5, 5.41) is 0. The summed E-state index contributed by atoms with van der Waals surface area (Å²) in [6.07, 6.45) is 3.06. The van der Waals surface area contributed by atoms with Gasteiger partial charge in [-0.3, -0.25) is 9.59 Å². The molecule has 3 heteroatoms. The molecule has 1 aromatic carbocycles. The van der Waals surface area contributed by atoms with Crippen molar-refractivity contribution < 1.29 is 9.59 Å². The minimum Gasteiger partial charge on any atom is -0.302 e. The van der Waals surface area contributed by atoms with Gasteiger partial charge in [0, 0.05) is 37.4 Å². The standard InChI is InChI=1S/C17H23NO2/c1-2-14-13-18(12-10-17(14)20)11-6-9-16(19)15-7-4-3-5-8-15/h3-5,7-8,14H,2,6,9-13H2,1H3. The number of ketones is 2. The van der Waals surface area contributed by atoms with Gasteiger partial charge < -0.3 is 4.90 Å². The minimum atomic E-state index is 0.202. The molecule has 1 atom stereocenters. The molecule has 3 nitrogen and oxygen atoms in total. The summed E-state index contributed by atoms with van der Waals surface area (Å²) in [5.74, 6) is 0.823. The molecule has 0 bridgehead atoms. The van der Waals surface area contributed by atoms with Crippen LogP contribution in [0.25, 0.3) is 0 Å². The summed E-state index contributed by atoms with van der Waals surface area (Å²) in [6, 6.07) is 9.46. The lowest BCUT2D eigenvalue weighted by Crippen LogP contribution is -2.41. The number of hydrogen-bond acceptors (Lipinski definition) is 3. The topological polar surface area (TPSA) is 37.4 Å². The Labute approximate surface area is 121 Å². The molecule has 0 saturated carbocycles. The molecular formula is C17H23NO2. The summed E-state index contributed by atoms with van der Waals surface area (Å²) in [5.41, 5.74) is 0.799. The molecule has 108 valence electrons. The molecule has 1 aliphatic rings. The zero-order valence-electron chi connectivity index (χ0n) is 12.2. The van der Waals surface area contributed by atoms with E-state index in [0.29, 0.717) is 18.6 Å². The number of likely N-dealkylation sites (tertiary alicyclic amines) is 1. The van der Waals surface area contributed by atoms with Crippen molar-refractivity contribution in [2.75, 3.05) is 19.6 Å². The van der Waals surface area contributed by atoms with E-state index in [1.54, 1.807) is 0 Å². The highest BCUT2D eigenvalue weighted by atomic mass is 16.1. The highest BCUT2D eigenvalue weighted by Crippen LogP contribution is 2.16. The van der Waals surface area contributed by atoms with Gasteiger partial charge in [-0.15, -0.1) is 0 Å². The van der Waals surface area contributed by atoms with Crippen LogP contribution >= 0.6 is 0 Å².